The normalized spacial score (nSPS) is 15.8. The maximum Gasteiger partial charge on any atom is 0.341 e. The molecule has 7 nitrogen and oxygen atoms in total. The van der Waals surface area contributed by atoms with E-state index in [1.165, 1.54) is 32.8 Å². The van der Waals surface area contributed by atoms with Crippen molar-refractivity contribution in [1.29, 1.82) is 0 Å². The minimum Gasteiger partial charge on any atom is -0.465 e. The molecule has 1 aliphatic rings. The Bertz CT molecular complexity index is 639. The van der Waals surface area contributed by atoms with Gasteiger partial charge in [0.05, 0.1) is 7.11 Å². The first-order valence-electron chi connectivity index (χ1n) is 9.72. The van der Waals surface area contributed by atoms with Gasteiger partial charge in [-0.25, -0.2) is 9.79 Å². The highest BCUT2D eigenvalue weighted by Crippen LogP contribution is 2.40. The quantitative estimate of drug-likeness (QED) is 0.230. The van der Waals surface area contributed by atoms with Gasteiger partial charge in [0.15, 0.2) is 5.96 Å². The van der Waals surface area contributed by atoms with Crippen molar-refractivity contribution < 1.29 is 18.7 Å². The largest absolute Gasteiger partial charge is 0.465 e. The monoisotopic (exact) mass is 507 g/mol. The van der Waals surface area contributed by atoms with Gasteiger partial charge < -0.3 is 24.5 Å². The molecule has 0 saturated heterocycles. The molecule has 1 aromatic rings. The van der Waals surface area contributed by atoms with Crippen molar-refractivity contribution in [3.63, 3.8) is 0 Å². The van der Waals surface area contributed by atoms with Gasteiger partial charge in [-0.05, 0) is 44.6 Å². The lowest BCUT2D eigenvalue weighted by Gasteiger charge is -2.29. The van der Waals surface area contributed by atoms with Gasteiger partial charge in [-0.3, -0.25) is 0 Å². The van der Waals surface area contributed by atoms with Crippen molar-refractivity contribution in [1.82, 2.24) is 10.6 Å². The number of hydrogen-bond acceptors (Lipinski definition) is 5. The zero-order valence-corrected chi connectivity index (χ0v) is 19.8. The number of carbonyl (C=O) groups excluding carboxylic acids is 1. The van der Waals surface area contributed by atoms with Gasteiger partial charge in [0.1, 0.15) is 23.6 Å². The molecule has 0 spiro atoms. The molecular weight excluding hydrogens is 473 g/mol. The second-order valence-electron chi connectivity index (χ2n) is 7.17. The van der Waals surface area contributed by atoms with Crippen LogP contribution in [0.1, 0.15) is 60.9 Å². The Morgan fingerprint density at radius 2 is 2.00 bits per heavy atom. The van der Waals surface area contributed by atoms with E-state index in [4.69, 9.17) is 13.9 Å². The highest BCUT2D eigenvalue weighted by molar-refractivity contribution is 14.0. The van der Waals surface area contributed by atoms with Crippen LogP contribution in [0.15, 0.2) is 15.5 Å². The molecule has 2 N–H and O–H groups in total. The Morgan fingerprint density at radius 1 is 1.29 bits per heavy atom. The van der Waals surface area contributed by atoms with E-state index >= 15 is 0 Å². The molecular formula is C20H34IN3O4. The number of nitrogens with one attached hydrogen (secondary N) is 2. The van der Waals surface area contributed by atoms with Crippen LogP contribution in [0.4, 0.5) is 0 Å². The zero-order valence-electron chi connectivity index (χ0n) is 17.4. The number of hydrogen-bond donors (Lipinski definition) is 2. The number of halogens is 1. The van der Waals surface area contributed by atoms with Gasteiger partial charge in [-0.2, -0.15) is 0 Å². The third-order valence-electron chi connectivity index (χ3n) is 5.24. The van der Waals surface area contributed by atoms with Gasteiger partial charge in [0, 0.05) is 26.8 Å². The molecule has 28 heavy (non-hydrogen) atoms. The number of aryl methyl sites for hydroxylation is 1. The molecule has 1 heterocycles. The van der Waals surface area contributed by atoms with E-state index in [0.29, 0.717) is 23.6 Å². The zero-order chi connectivity index (χ0) is 19.7. The highest BCUT2D eigenvalue weighted by atomic mass is 127. The second kappa shape index (κ2) is 12.3. The summed E-state index contributed by atoms with van der Waals surface area (Å²) >= 11 is 0. The number of guanidine groups is 1. The smallest absolute Gasteiger partial charge is 0.341 e. The van der Waals surface area contributed by atoms with E-state index in [1.54, 1.807) is 20.1 Å². The van der Waals surface area contributed by atoms with E-state index in [2.05, 4.69) is 15.6 Å². The molecule has 0 atom stereocenters. The van der Waals surface area contributed by atoms with Crippen LogP contribution in [-0.2, 0) is 16.0 Å². The molecule has 160 valence electrons. The molecule has 0 aliphatic heterocycles. The average molecular weight is 507 g/mol. The molecule has 8 heteroatoms. The summed E-state index contributed by atoms with van der Waals surface area (Å²) in [6.07, 6.45) is 6.07. The van der Waals surface area contributed by atoms with E-state index in [1.807, 2.05) is 6.92 Å². The number of methoxy groups -OCH3 is 2. The SMILES string of the molecule is CCNC(=NCc1cc(C(=O)OC)c(C)o1)NCC1(CCOC)CCCC1.I. The Hall–Kier alpha value is -1.29. The number of ether oxygens (including phenoxy) is 2. The molecule has 0 amide bonds. The Balaban J connectivity index is 0.00000392. The van der Waals surface area contributed by atoms with E-state index < -0.39 is 5.97 Å². The minimum absolute atomic E-state index is 0. The minimum atomic E-state index is -0.391. The molecule has 0 radical (unpaired) electrons. The van der Waals surface area contributed by atoms with Gasteiger partial charge in [0.25, 0.3) is 0 Å². The van der Waals surface area contributed by atoms with Gasteiger partial charge in [0.2, 0.25) is 0 Å². The van der Waals surface area contributed by atoms with Crippen LogP contribution in [0.25, 0.3) is 0 Å². The summed E-state index contributed by atoms with van der Waals surface area (Å²) in [5, 5.41) is 6.77. The first kappa shape index (κ1) is 24.7. The van der Waals surface area contributed by atoms with Crippen LogP contribution in [0, 0.1) is 12.3 Å². The summed E-state index contributed by atoms with van der Waals surface area (Å²) in [4.78, 5) is 16.3. The summed E-state index contributed by atoms with van der Waals surface area (Å²) in [5.74, 6) is 1.56. The van der Waals surface area contributed by atoms with Crippen molar-refractivity contribution >= 4 is 35.9 Å². The van der Waals surface area contributed by atoms with Crippen LogP contribution in [-0.4, -0.2) is 45.8 Å². The van der Waals surface area contributed by atoms with Crippen molar-refractivity contribution in [2.24, 2.45) is 10.4 Å². The Labute approximate surface area is 185 Å². The fraction of sp³-hybridized carbons (Fsp3) is 0.700. The Morgan fingerprint density at radius 3 is 2.61 bits per heavy atom. The van der Waals surface area contributed by atoms with E-state index in [-0.39, 0.29) is 29.4 Å². The molecule has 0 bridgehead atoms. The first-order valence-corrected chi connectivity index (χ1v) is 9.72. The molecule has 0 unspecified atom stereocenters. The molecule has 2 rings (SSSR count). The lowest BCUT2D eigenvalue weighted by molar-refractivity contribution is 0.0599. The van der Waals surface area contributed by atoms with Crippen LogP contribution >= 0.6 is 24.0 Å². The number of esters is 1. The van der Waals surface area contributed by atoms with Crippen molar-refractivity contribution in [3.05, 3.63) is 23.2 Å². The van der Waals surface area contributed by atoms with Gasteiger partial charge in [-0.15, -0.1) is 24.0 Å². The summed E-state index contributed by atoms with van der Waals surface area (Å²) in [6.45, 7) is 6.60. The highest BCUT2D eigenvalue weighted by Gasteiger charge is 2.33. The number of aliphatic imine (C=N–C) groups is 1. The standard InChI is InChI=1S/C20H33N3O4.HI/c1-5-21-19(23-14-20(10-11-25-3)8-6-7-9-20)22-13-16-12-17(15(2)27-16)18(24)26-4;/h12H,5-11,13-14H2,1-4H3,(H2,21,22,23);1H. The van der Waals surface area contributed by atoms with Crippen molar-refractivity contribution in [2.75, 3.05) is 33.9 Å². The third kappa shape index (κ3) is 6.95. The average Bonchev–Trinajstić information content (AvgIpc) is 3.29. The summed E-state index contributed by atoms with van der Waals surface area (Å²) < 4.78 is 15.7. The molecule has 1 saturated carbocycles. The van der Waals surface area contributed by atoms with Crippen LogP contribution in [0.3, 0.4) is 0 Å². The van der Waals surface area contributed by atoms with Gasteiger partial charge in [-0.1, -0.05) is 12.8 Å². The fourth-order valence-corrected chi connectivity index (χ4v) is 3.66. The Kier molecular flexibility index (Phi) is 10.9. The van der Waals surface area contributed by atoms with E-state index in [9.17, 15) is 4.79 Å². The van der Waals surface area contributed by atoms with Crippen LogP contribution in [0.2, 0.25) is 0 Å². The summed E-state index contributed by atoms with van der Waals surface area (Å²) in [7, 11) is 3.12. The number of carbonyl (C=O) groups is 1. The molecule has 1 aliphatic carbocycles. The van der Waals surface area contributed by atoms with E-state index in [0.717, 1.165) is 32.1 Å². The maximum atomic E-state index is 11.7. The maximum absolute atomic E-state index is 11.7. The summed E-state index contributed by atoms with van der Waals surface area (Å²) in [6, 6.07) is 1.70. The first-order chi connectivity index (χ1) is 13.0. The predicted octanol–water partition coefficient (Wildman–Crippen LogP) is 3.64. The lowest BCUT2D eigenvalue weighted by atomic mass is 9.83. The fourth-order valence-electron chi connectivity index (χ4n) is 3.66. The molecule has 1 aromatic heterocycles. The third-order valence-corrected chi connectivity index (χ3v) is 5.24. The molecule has 1 fully saturated rings. The van der Waals surface area contributed by atoms with Crippen molar-refractivity contribution in [3.8, 4) is 0 Å². The number of furan rings is 1. The second-order valence-corrected chi connectivity index (χ2v) is 7.17. The lowest BCUT2D eigenvalue weighted by Crippen LogP contribution is -2.43. The summed E-state index contributed by atoms with van der Waals surface area (Å²) in [5.41, 5.74) is 0.732. The molecule has 0 aromatic carbocycles. The number of rotatable bonds is 9. The topological polar surface area (TPSA) is 85.1 Å². The number of nitrogens with zero attached hydrogens (tertiary/aromatic N) is 1. The van der Waals surface area contributed by atoms with Gasteiger partial charge >= 0.3 is 5.97 Å². The predicted molar refractivity (Wildman–Crippen MR) is 120 cm³/mol. The van der Waals surface area contributed by atoms with Crippen LogP contribution < -0.4 is 10.6 Å². The van der Waals surface area contributed by atoms with Crippen LogP contribution in [0.5, 0.6) is 0 Å². The van der Waals surface area contributed by atoms with Crippen molar-refractivity contribution in [2.45, 2.75) is 52.5 Å².